The van der Waals surface area contributed by atoms with Crippen molar-refractivity contribution in [2.45, 2.75) is 0 Å². The third-order valence-electron chi connectivity index (χ3n) is 3.16. The first-order chi connectivity index (χ1) is 9.97. The average Bonchev–Trinajstić information content (AvgIpc) is 2.49. The quantitative estimate of drug-likeness (QED) is 0.855. The summed E-state index contributed by atoms with van der Waals surface area (Å²) in [6.45, 7) is 0. The highest BCUT2D eigenvalue weighted by molar-refractivity contribution is 6.07. The third kappa shape index (κ3) is 2.58. The summed E-state index contributed by atoms with van der Waals surface area (Å²) >= 11 is 0. The zero-order chi connectivity index (χ0) is 15.6. The number of carbonyl (C=O) groups is 1. The van der Waals surface area contributed by atoms with Crippen LogP contribution in [0.25, 0.3) is 0 Å². The summed E-state index contributed by atoms with van der Waals surface area (Å²) in [5.41, 5.74) is -0.678. The molecule has 7 nitrogen and oxygen atoms in total. The normalized spacial score (nSPS) is 10.2. The molecule has 0 aliphatic carbocycles. The van der Waals surface area contributed by atoms with Crippen molar-refractivity contribution in [3.8, 4) is 0 Å². The maximum atomic E-state index is 12.4. The van der Waals surface area contributed by atoms with Crippen LogP contribution in [0.15, 0.2) is 39.9 Å². The van der Waals surface area contributed by atoms with Gasteiger partial charge in [-0.15, -0.1) is 0 Å². The molecule has 0 saturated heterocycles. The molecule has 0 fully saturated rings. The van der Waals surface area contributed by atoms with Gasteiger partial charge in [0.1, 0.15) is 11.4 Å². The van der Waals surface area contributed by atoms with Crippen LogP contribution in [0.5, 0.6) is 0 Å². The monoisotopic (exact) mass is 288 g/mol. The Bertz CT molecular complexity index is 790. The summed E-state index contributed by atoms with van der Waals surface area (Å²) < 4.78 is 2.13. The van der Waals surface area contributed by atoms with E-state index in [1.807, 2.05) is 6.07 Å². The maximum absolute atomic E-state index is 12.4. The van der Waals surface area contributed by atoms with E-state index in [-0.39, 0.29) is 11.4 Å². The standard InChI is InChI=1S/C14H16N4O3/c1-15-11-10(13(20)18(3)14(21)17(11)2)12(19)16-9-7-5-4-6-8-9/h4-8,15H,1-3H3,(H,16,19). The van der Waals surface area contributed by atoms with Crippen LogP contribution in [0.4, 0.5) is 11.5 Å². The topological polar surface area (TPSA) is 85.1 Å². The summed E-state index contributed by atoms with van der Waals surface area (Å²) in [6.07, 6.45) is 0. The molecule has 0 saturated carbocycles. The molecule has 1 heterocycles. The van der Waals surface area contributed by atoms with Crippen molar-refractivity contribution >= 4 is 17.4 Å². The van der Waals surface area contributed by atoms with E-state index in [0.29, 0.717) is 5.69 Å². The van der Waals surface area contributed by atoms with Crippen molar-refractivity contribution < 1.29 is 4.79 Å². The Hall–Kier alpha value is -2.83. The summed E-state index contributed by atoms with van der Waals surface area (Å²) in [4.78, 5) is 36.4. The highest BCUT2D eigenvalue weighted by atomic mass is 16.2. The lowest BCUT2D eigenvalue weighted by atomic mass is 10.2. The van der Waals surface area contributed by atoms with Gasteiger partial charge in [-0.1, -0.05) is 18.2 Å². The van der Waals surface area contributed by atoms with Crippen LogP contribution in [0.1, 0.15) is 10.4 Å². The zero-order valence-corrected chi connectivity index (χ0v) is 12.0. The molecular formula is C14H16N4O3. The SMILES string of the molecule is CNc1c(C(=O)Nc2ccccc2)c(=O)n(C)c(=O)n1C. The minimum Gasteiger partial charge on any atom is -0.374 e. The van der Waals surface area contributed by atoms with E-state index in [1.165, 1.54) is 18.7 Å². The first-order valence-corrected chi connectivity index (χ1v) is 6.31. The van der Waals surface area contributed by atoms with Crippen LogP contribution in [0.3, 0.4) is 0 Å². The molecule has 0 spiro atoms. The summed E-state index contributed by atoms with van der Waals surface area (Å²) in [6, 6.07) is 8.79. The van der Waals surface area contributed by atoms with Gasteiger partial charge >= 0.3 is 5.69 Å². The maximum Gasteiger partial charge on any atom is 0.332 e. The largest absolute Gasteiger partial charge is 0.374 e. The highest BCUT2D eigenvalue weighted by Crippen LogP contribution is 2.11. The number of anilines is 2. The van der Waals surface area contributed by atoms with Crippen molar-refractivity contribution in [2.75, 3.05) is 17.7 Å². The molecule has 2 rings (SSSR count). The van der Waals surface area contributed by atoms with Gasteiger partial charge in [0.25, 0.3) is 11.5 Å². The summed E-state index contributed by atoms with van der Waals surface area (Å²) in [7, 11) is 4.38. The number of nitrogens with one attached hydrogen (secondary N) is 2. The molecule has 1 amide bonds. The third-order valence-corrected chi connectivity index (χ3v) is 3.16. The van der Waals surface area contributed by atoms with E-state index < -0.39 is 17.2 Å². The predicted octanol–water partition coefficient (Wildman–Crippen LogP) is 0.378. The second-order valence-electron chi connectivity index (χ2n) is 4.50. The van der Waals surface area contributed by atoms with Gasteiger partial charge < -0.3 is 10.6 Å². The van der Waals surface area contributed by atoms with Gasteiger partial charge in [-0.05, 0) is 12.1 Å². The Labute approximate surface area is 120 Å². The van der Waals surface area contributed by atoms with E-state index in [4.69, 9.17) is 0 Å². The highest BCUT2D eigenvalue weighted by Gasteiger charge is 2.21. The molecule has 2 aromatic rings. The number of benzene rings is 1. The Morgan fingerprint density at radius 3 is 2.24 bits per heavy atom. The van der Waals surface area contributed by atoms with Crippen LogP contribution in [0.2, 0.25) is 0 Å². The van der Waals surface area contributed by atoms with E-state index in [1.54, 1.807) is 31.3 Å². The zero-order valence-electron chi connectivity index (χ0n) is 12.0. The minimum atomic E-state index is -0.643. The Morgan fingerprint density at radius 1 is 1.05 bits per heavy atom. The lowest BCUT2D eigenvalue weighted by Gasteiger charge is -2.14. The van der Waals surface area contributed by atoms with Crippen molar-refractivity contribution in [1.82, 2.24) is 9.13 Å². The van der Waals surface area contributed by atoms with Crippen molar-refractivity contribution in [1.29, 1.82) is 0 Å². The Kier molecular flexibility index (Phi) is 3.93. The Balaban J connectivity index is 2.56. The van der Waals surface area contributed by atoms with Crippen molar-refractivity contribution in [2.24, 2.45) is 14.1 Å². The van der Waals surface area contributed by atoms with Gasteiger partial charge in [0.05, 0.1) is 0 Å². The van der Waals surface area contributed by atoms with E-state index >= 15 is 0 Å². The number of rotatable bonds is 3. The molecule has 0 bridgehead atoms. The Morgan fingerprint density at radius 2 is 1.67 bits per heavy atom. The van der Waals surface area contributed by atoms with E-state index in [2.05, 4.69) is 10.6 Å². The fraction of sp³-hybridized carbons (Fsp3) is 0.214. The molecule has 0 aliphatic rings. The molecule has 7 heteroatoms. The van der Waals surface area contributed by atoms with Gasteiger partial charge in [0, 0.05) is 26.8 Å². The van der Waals surface area contributed by atoms with Gasteiger partial charge in [0.15, 0.2) is 0 Å². The summed E-state index contributed by atoms with van der Waals surface area (Å²) in [5.74, 6) is -0.390. The van der Waals surface area contributed by atoms with Crippen LogP contribution in [0, 0.1) is 0 Å². The molecule has 0 atom stereocenters. The fourth-order valence-corrected chi connectivity index (χ4v) is 2.06. The second-order valence-corrected chi connectivity index (χ2v) is 4.50. The van der Waals surface area contributed by atoms with Gasteiger partial charge in [-0.2, -0.15) is 0 Å². The van der Waals surface area contributed by atoms with Crippen molar-refractivity contribution in [3.05, 3.63) is 56.7 Å². The molecule has 0 aliphatic heterocycles. The van der Waals surface area contributed by atoms with Gasteiger partial charge in [-0.25, -0.2) is 4.79 Å². The fourth-order valence-electron chi connectivity index (χ4n) is 2.06. The number of hydrogen-bond acceptors (Lipinski definition) is 4. The van der Waals surface area contributed by atoms with Gasteiger partial charge in [-0.3, -0.25) is 18.7 Å². The molecule has 110 valence electrons. The number of carbonyl (C=O) groups excluding carboxylic acids is 1. The van der Waals surface area contributed by atoms with Gasteiger partial charge in [0.2, 0.25) is 0 Å². The molecular weight excluding hydrogens is 272 g/mol. The van der Waals surface area contributed by atoms with Crippen LogP contribution >= 0.6 is 0 Å². The van der Waals surface area contributed by atoms with E-state index in [0.717, 1.165) is 4.57 Å². The molecule has 1 aromatic heterocycles. The van der Waals surface area contributed by atoms with Crippen LogP contribution < -0.4 is 21.9 Å². The predicted molar refractivity (Wildman–Crippen MR) is 80.9 cm³/mol. The van der Waals surface area contributed by atoms with E-state index in [9.17, 15) is 14.4 Å². The number of aromatic nitrogens is 2. The summed E-state index contributed by atoms with van der Waals surface area (Å²) in [5, 5.41) is 5.37. The lowest BCUT2D eigenvalue weighted by Crippen LogP contribution is -2.42. The number of para-hydroxylation sites is 1. The molecule has 1 aromatic carbocycles. The average molecular weight is 288 g/mol. The van der Waals surface area contributed by atoms with Crippen molar-refractivity contribution in [3.63, 3.8) is 0 Å². The lowest BCUT2D eigenvalue weighted by molar-refractivity contribution is 0.102. The smallest absolute Gasteiger partial charge is 0.332 e. The molecule has 0 unspecified atom stereocenters. The molecule has 2 N–H and O–H groups in total. The second kappa shape index (κ2) is 5.66. The van der Waals surface area contributed by atoms with Crippen LogP contribution in [-0.4, -0.2) is 22.1 Å². The minimum absolute atomic E-state index is 0.106. The molecule has 21 heavy (non-hydrogen) atoms. The van der Waals surface area contributed by atoms with Crippen LogP contribution in [-0.2, 0) is 14.1 Å². The first-order valence-electron chi connectivity index (χ1n) is 6.31. The number of hydrogen-bond donors (Lipinski definition) is 2. The first kappa shape index (κ1) is 14.6. The number of nitrogens with zero attached hydrogens (tertiary/aromatic N) is 2. The number of amides is 1. The molecule has 0 radical (unpaired) electrons.